The molecular weight excluding hydrogens is 376 g/mol. The number of nitrogens with one attached hydrogen (secondary N) is 1. The number of carbonyl (C=O) groups is 1. The Balaban J connectivity index is 1.56. The molecule has 0 spiro atoms. The molecule has 0 aliphatic carbocycles. The van der Waals surface area contributed by atoms with Gasteiger partial charge in [-0.3, -0.25) is 9.36 Å². The van der Waals surface area contributed by atoms with Gasteiger partial charge in [-0.2, -0.15) is 9.97 Å². The number of piperidine rings is 1. The zero-order valence-corrected chi connectivity index (χ0v) is 16.9. The molecule has 0 radical (unpaired) electrons. The lowest BCUT2D eigenvalue weighted by Gasteiger charge is -2.29. The highest BCUT2D eigenvalue weighted by Gasteiger charge is 2.24. The van der Waals surface area contributed by atoms with Crippen LogP contribution in [0.25, 0.3) is 11.2 Å². The van der Waals surface area contributed by atoms with Gasteiger partial charge in [-0.1, -0.05) is 13.3 Å². The molecule has 3 heterocycles. The Labute approximate surface area is 169 Å². The Morgan fingerprint density at radius 3 is 2.66 bits per heavy atom. The molecule has 1 fully saturated rings. The van der Waals surface area contributed by atoms with Crippen molar-refractivity contribution in [2.75, 3.05) is 32.0 Å². The number of aliphatic carboxylic acids is 1. The molecule has 3 rings (SSSR count). The van der Waals surface area contributed by atoms with Crippen LogP contribution in [0, 0.1) is 5.92 Å². The third kappa shape index (κ3) is 5.26. The Hall–Kier alpha value is -2.62. The number of rotatable bonds is 10. The number of carboxylic acids is 1. The van der Waals surface area contributed by atoms with Crippen molar-refractivity contribution in [1.29, 1.82) is 0 Å². The molecule has 2 aromatic rings. The lowest BCUT2D eigenvalue weighted by molar-refractivity contribution is -0.143. The number of imidazole rings is 1. The van der Waals surface area contributed by atoms with Gasteiger partial charge < -0.3 is 25.5 Å². The molecule has 0 saturated carbocycles. The number of hydrogen-bond acceptors (Lipinski definition) is 7. The standard InChI is InChI=1S/C19H30N6O4/c1-2-3-12-29-18-22-15(20)14-16(23-18)25(19(28)21-14)9-5-4-8-24-10-6-13(7-11-24)17(26)27/h13H,2-12H2,1H3,(H,21,28)(H,26,27)(H2,20,22,23). The number of ether oxygens (including phenoxy) is 1. The van der Waals surface area contributed by atoms with E-state index in [0.717, 1.165) is 45.3 Å². The maximum Gasteiger partial charge on any atom is 0.327 e. The molecule has 0 amide bonds. The van der Waals surface area contributed by atoms with Gasteiger partial charge in [0.1, 0.15) is 5.52 Å². The molecule has 0 bridgehead atoms. The summed E-state index contributed by atoms with van der Waals surface area (Å²) in [6, 6.07) is 0.192. The van der Waals surface area contributed by atoms with Gasteiger partial charge in [0.25, 0.3) is 0 Å². The summed E-state index contributed by atoms with van der Waals surface area (Å²) in [6.45, 7) is 5.62. The second-order valence-electron chi connectivity index (χ2n) is 7.54. The zero-order valence-electron chi connectivity index (χ0n) is 16.9. The number of aromatic nitrogens is 4. The molecule has 2 aromatic heterocycles. The van der Waals surface area contributed by atoms with E-state index >= 15 is 0 Å². The number of aromatic amines is 1. The van der Waals surface area contributed by atoms with Crippen LogP contribution in [-0.4, -0.2) is 61.7 Å². The third-order valence-corrected chi connectivity index (χ3v) is 5.40. The first-order valence-corrected chi connectivity index (χ1v) is 10.3. The van der Waals surface area contributed by atoms with E-state index in [1.165, 1.54) is 0 Å². The fourth-order valence-electron chi connectivity index (χ4n) is 3.62. The number of carboxylic acid groups (broad SMARTS) is 1. The molecular formula is C19H30N6O4. The van der Waals surface area contributed by atoms with E-state index in [1.807, 2.05) is 0 Å². The number of aryl methyl sites for hydroxylation is 1. The van der Waals surface area contributed by atoms with Gasteiger partial charge in [-0.25, -0.2) is 4.79 Å². The number of anilines is 1. The molecule has 10 heteroatoms. The van der Waals surface area contributed by atoms with E-state index < -0.39 is 5.97 Å². The smallest absolute Gasteiger partial charge is 0.327 e. The number of nitrogen functional groups attached to an aromatic ring is 1. The number of fused-ring (bicyclic) bond motifs is 1. The molecule has 1 aliphatic rings. The average molecular weight is 406 g/mol. The molecule has 0 unspecified atom stereocenters. The first-order valence-electron chi connectivity index (χ1n) is 10.3. The quantitative estimate of drug-likeness (QED) is 0.504. The van der Waals surface area contributed by atoms with Gasteiger partial charge in [0, 0.05) is 6.54 Å². The number of H-pyrrole nitrogens is 1. The van der Waals surface area contributed by atoms with Crippen molar-refractivity contribution in [3.05, 3.63) is 10.5 Å². The van der Waals surface area contributed by atoms with E-state index in [0.29, 0.717) is 37.2 Å². The van der Waals surface area contributed by atoms with Crippen LogP contribution < -0.4 is 16.2 Å². The minimum atomic E-state index is -0.692. The van der Waals surface area contributed by atoms with E-state index in [2.05, 4.69) is 26.8 Å². The summed E-state index contributed by atoms with van der Waals surface area (Å²) in [6.07, 6.45) is 5.02. The van der Waals surface area contributed by atoms with Crippen LogP contribution in [0.5, 0.6) is 6.01 Å². The van der Waals surface area contributed by atoms with Gasteiger partial charge in [0.15, 0.2) is 11.5 Å². The summed E-state index contributed by atoms with van der Waals surface area (Å²) < 4.78 is 7.13. The van der Waals surface area contributed by atoms with Crippen molar-refractivity contribution in [3.8, 4) is 6.01 Å². The van der Waals surface area contributed by atoms with E-state index in [9.17, 15) is 9.59 Å². The summed E-state index contributed by atoms with van der Waals surface area (Å²) >= 11 is 0. The predicted molar refractivity (Wildman–Crippen MR) is 109 cm³/mol. The highest BCUT2D eigenvalue weighted by molar-refractivity contribution is 5.81. The molecule has 1 saturated heterocycles. The second-order valence-corrected chi connectivity index (χ2v) is 7.54. The van der Waals surface area contributed by atoms with Crippen LogP contribution in [-0.2, 0) is 11.3 Å². The van der Waals surface area contributed by atoms with Crippen LogP contribution in [0.15, 0.2) is 4.79 Å². The fraction of sp³-hybridized carbons (Fsp3) is 0.684. The topological polar surface area (TPSA) is 139 Å². The van der Waals surface area contributed by atoms with Crippen LogP contribution in [0.3, 0.4) is 0 Å². The lowest BCUT2D eigenvalue weighted by atomic mass is 9.97. The monoisotopic (exact) mass is 406 g/mol. The number of unbranched alkanes of at least 4 members (excludes halogenated alkanes) is 2. The molecule has 1 aliphatic heterocycles. The second kappa shape index (κ2) is 9.73. The van der Waals surface area contributed by atoms with Gasteiger partial charge in [-0.15, -0.1) is 0 Å². The van der Waals surface area contributed by atoms with Gasteiger partial charge in [-0.05, 0) is 51.7 Å². The molecule has 0 atom stereocenters. The number of hydrogen-bond donors (Lipinski definition) is 3. The largest absolute Gasteiger partial charge is 0.481 e. The summed E-state index contributed by atoms with van der Waals surface area (Å²) in [5.41, 5.74) is 6.62. The van der Waals surface area contributed by atoms with Crippen molar-refractivity contribution < 1.29 is 14.6 Å². The minimum Gasteiger partial charge on any atom is -0.481 e. The van der Waals surface area contributed by atoms with Crippen molar-refractivity contribution >= 4 is 23.0 Å². The Kier molecular flexibility index (Phi) is 7.08. The van der Waals surface area contributed by atoms with Crippen molar-refractivity contribution in [2.45, 2.75) is 52.0 Å². The van der Waals surface area contributed by atoms with Crippen LogP contribution in [0.1, 0.15) is 45.4 Å². The third-order valence-electron chi connectivity index (χ3n) is 5.40. The van der Waals surface area contributed by atoms with Crippen LogP contribution in [0.2, 0.25) is 0 Å². The lowest BCUT2D eigenvalue weighted by Crippen LogP contribution is -2.36. The van der Waals surface area contributed by atoms with E-state index in [4.69, 9.17) is 15.6 Å². The van der Waals surface area contributed by atoms with Gasteiger partial charge >= 0.3 is 17.7 Å². The Bertz CT molecular complexity index is 885. The zero-order chi connectivity index (χ0) is 20.8. The summed E-state index contributed by atoms with van der Waals surface area (Å²) in [5.74, 6) is -0.698. The van der Waals surface area contributed by atoms with Gasteiger partial charge in [0.2, 0.25) is 0 Å². The SMILES string of the molecule is CCCCOc1nc(N)c2[nH]c(=O)n(CCCCN3CCC(C(=O)O)CC3)c2n1. The minimum absolute atomic E-state index is 0.192. The summed E-state index contributed by atoms with van der Waals surface area (Å²) in [7, 11) is 0. The average Bonchev–Trinajstić information content (AvgIpc) is 3.02. The summed E-state index contributed by atoms with van der Waals surface area (Å²) in [5, 5.41) is 9.07. The number of nitrogens with zero attached hydrogens (tertiary/aromatic N) is 4. The van der Waals surface area contributed by atoms with E-state index in [1.54, 1.807) is 4.57 Å². The maximum absolute atomic E-state index is 12.3. The first kappa shape index (κ1) is 21.1. The molecule has 0 aromatic carbocycles. The van der Waals surface area contributed by atoms with Crippen molar-refractivity contribution in [2.24, 2.45) is 5.92 Å². The summed E-state index contributed by atoms with van der Waals surface area (Å²) in [4.78, 5) is 36.9. The molecule has 4 N–H and O–H groups in total. The molecule has 10 nitrogen and oxygen atoms in total. The van der Waals surface area contributed by atoms with Crippen molar-refractivity contribution in [1.82, 2.24) is 24.4 Å². The Morgan fingerprint density at radius 2 is 1.97 bits per heavy atom. The number of nitrogens with two attached hydrogens (primary N) is 1. The van der Waals surface area contributed by atoms with Crippen molar-refractivity contribution in [3.63, 3.8) is 0 Å². The first-order chi connectivity index (χ1) is 14.0. The molecule has 29 heavy (non-hydrogen) atoms. The van der Waals surface area contributed by atoms with Gasteiger partial charge in [0.05, 0.1) is 12.5 Å². The molecule has 160 valence electrons. The van der Waals surface area contributed by atoms with Crippen LogP contribution in [0.4, 0.5) is 5.82 Å². The Morgan fingerprint density at radius 1 is 1.24 bits per heavy atom. The highest BCUT2D eigenvalue weighted by Crippen LogP contribution is 2.19. The predicted octanol–water partition coefficient (Wildman–Crippen LogP) is 1.46. The number of likely N-dealkylation sites (tertiary alicyclic amines) is 1. The van der Waals surface area contributed by atoms with Crippen LogP contribution >= 0.6 is 0 Å². The normalized spacial score (nSPS) is 15.8. The van der Waals surface area contributed by atoms with E-state index in [-0.39, 0.29) is 23.4 Å². The maximum atomic E-state index is 12.3. The fourth-order valence-corrected chi connectivity index (χ4v) is 3.62. The highest BCUT2D eigenvalue weighted by atomic mass is 16.5.